The van der Waals surface area contributed by atoms with Crippen LogP contribution in [0.5, 0.6) is 0 Å². The predicted octanol–water partition coefficient (Wildman–Crippen LogP) is 2.20. The van der Waals surface area contributed by atoms with Gasteiger partial charge in [-0.3, -0.25) is 0 Å². The van der Waals surface area contributed by atoms with E-state index in [9.17, 15) is 9.18 Å². The van der Waals surface area contributed by atoms with E-state index < -0.39 is 11.8 Å². The quantitative estimate of drug-likeness (QED) is 0.482. The lowest BCUT2D eigenvalue weighted by molar-refractivity contribution is -0.142. The average molecular weight is 172 g/mol. The van der Waals surface area contributed by atoms with Gasteiger partial charge in [0.2, 0.25) is 5.83 Å². The highest BCUT2D eigenvalue weighted by Crippen LogP contribution is 2.24. The molecule has 0 bridgehead atoms. The predicted molar refractivity (Wildman–Crippen MR) is 43.2 cm³/mol. The molecule has 0 spiro atoms. The van der Waals surface area contributed by atoms with Crippen LogP contribution in [0.3, 0.4) is 0 Å². The van der Waals surface area contributed by atoms with Gasteiger partial charge in [0.1, 0.15) is 0 Å². The zero-order valence-electron chi connectivity index (χ0n) is 7.01. The summed E-state index contributed by atoms with van der Waals surface area (Å²) in [5.74, 6) is -1.48. The largest absolute Gasteiger partial charge is 0.460 e. The molecule has 1 saturated carbocycles. The van der Waals surface area contributed by atoms with Crippen LogP contribution >= 0.6 is 0 Å². The van der Waals surface area contributed by atoms with E-state index in [0.29, 0.717) is 12.5 Å². The van der Waals surface area contributed by atoms with Gasteiger partial charge in [0, 0.05) is 0 Å². The standard InChI is InChI=1S/C9H13FO2/c1-7(10)9(11)12-6-8-4-2-3-5-8/h8H,1-6H2. The van der Waals surface area contributed by atoms with E-state index in [1.807, 2.05) is 0 Å². The molecular weight excluding hydrogens is 159 g/mol. The number of rotatable bonds is 3. The number of carbonyl (C=O) groups excluding carboxylic acids is 1. The van der Waals surface area contributed by atoms with Crippen LogP contribution in [0.2, 0.25) is 0 Å². The van der Waals surface area contributed by atoms with Crippen molar-refractivity contribution in [3.63, 3.8) is 0 Å². The van der Waals surface area contributed by atoms with E-state index in [4.69, 9.17) is 0 Å². The van der Waals surface area contributed by atoms with Crippen LogP contribution in [0.15, 0.2) is 12.4 Å². The van der Waals surface area contributed by atoms with Crippen molar-refractivity contribution >= 4 is 5.97 Å². The second-order valence-electron chi connectivity index (χ2n) is 3.15. The molecule has 1 aliphatic carbocycles. The van der Waals surface area contributed by atoms with Crippen molar-refractivity contribution in [3.8, 4) is 0 Å². The topological polar surface area (TPSA) is 26.3 Å². The summed E-state index contributed by atoms with van der Waals surface area (Å²) in [5, 5.41) is 0. The summed E-state index contributed by atoms with van der Waals surface area (Å²) >= 11 is 0. The Hall–Kier alpha value is -0.860. The molecule has 3 heteroatoms. The molecule has 0 aromatic heterocycles. The Bertz CT molecular complexity index is 183. The molecule has 2 nitrogen and oxygen atoms in total. The van der Waals surface area contributed by atoms with Gasteiger partial charge in [0.05, 0.1) is 6.61 Å². The smallest absolute Gasteiger partial charge is 0.366 e. The van der Waals surface area contributed by atoms with Gasteiger partial charge in [0.15, 0.2) is 0 Å². The third-order valence-electron chi connectivity index (χ3n) is 2.15. The first-order valence-corrected chi connectivity index (χ1v) is 4.21. The molecule has 0 atom stereocenters. The second-order valence-corrected chi connectivity index (χ2v) is 3.15. The van der Waals surface area contributed by atoms with Gasteiger partial charge < -0.3 is 4.74 Å². The summed E-state index contributed by atoms with van der Waals surface area (Å²) in [6.07, 6.45) is 4.57. The lowest BCUT2D eigenvalue weighted by atomic mass is 10.1. The number of hydrogen-bond acceptors (Lipinski definition) is 2. The highest BCUT2D eigenvalue weighted by Gasteiger charge is 2.17. The van der Waals surface area contributed by atoms with Crippen molar-refractivity contribution in [2.75, 3.05) is 6.61 Å². The maximum absolute atomic E-state index is 12.1. The molecule has 1 rings (SSSR count). The van der Waals surface area contributed by atoms with E-state index in [-0.39, 0.29) is 0 Å². The minimum Gasteiger partial charge on any atom is -0.460 e. The van der Waals surface area contributed by atoms with Gasteiger partial charge in [-0.1, -0.05) is 19.4 Å². The minimum absolute atomic E-state index is 0.349. The first-order valence-electron chi connectivity index (χ1n) is 4.21. The van der Waals surface area contributed by atoms with Crippen LogP contribution in [-0.4, -0.2) is 12.6 Å². The summed E-state index contributed by atoms with van der Waals surface area (Å²) in [6.45, 7) is 3.21. The molecule has 0 amide bonds. The Kier molecular flexibility index (Phi) is 3.26. The highest BCUT2D eigenvalue weighted by molar-refractivity contribution is 5.85. The fraction of sp³-hybridized carbons (Fsp3) is 0.667. The lowest BCUT2D eigenvalue weighted by Gasteiger charge is -2.08. The fourth-order valence-corrected chi connectivity index (χ4v) is 1.45. The minimum atomic E-state index is -1.01. The van der Waals surface area contributed by atoms with E-state index in [1.165, 1.54) is 12.8 Å². The molecule has 12 heavy (non-hydrogen) atoms. The molecule has 68 valence electrons. The normalized spacial score (nSPS) is 17.8. The number of halogens is 1. The molecule has 0 saturated heterocycles. The van der Waals surface area contributed by atoms with Crippen LogP contribution in [0.1, 0.15) is 25.7 Å². The summed E-state index contributed by atoms with van der Waals surface area (Å²) in [4.78, 5) is 10.6. The molecule has 1 fully saturated rings. The van der Waals surface area contributed by atoms with Crippen molar-refractivity contribution in [2.24, 2.45) is 5.92 Å². The van der Waals surface area contributed by atoms with Crippen molar-refractivity contribution in [1.82, 2.24) is 0 Å². The first kappa shape index (κ1) is 9.23. The van der Waals surface area contributed by atoms with Crippen molar-refractivity contribution in [2.45, 2.75) is 25.7 Å². The number of carbonyl (C=O) groups is 1. The van der Waals surface area contributed by atoms with E-state index >= 15 is 0 Å². The van der Waals surface area contributed by atoms with Gasteiger partial charge in [-0.25, -0.2) is 4.79 Å². The zero-order chi connectivity index (χ0) is 8.97. The summed E-state index contributed by atoms with van der Waals surface area (Å²) in [7, 11) is 0. The monoisotopic (exact) mass is 172 g/mol. The maximum atomic E-state index is 12.1. The van der Waals surface area contributed by atoms with E-state index in [1.54, 1.807) is 0 Å². The average Bonchev–Trinajstić information content (AvgIpc) is 2.51. The van der Waals surface area contributed by atoms with Gasteiger partial charge in [-0.15, -0.1) is 0 Å². The fourth-order valence-electron chi connectivity index (χ4n) is 1.45. The highest BCUT2D eigenvalue weighted by atomic mass is 19.1. The van der Waals surface area contributed by atoms with Crippen LogP contribution < -0.4 is 0 Å². The Morgan fingerprint density at radius 2 is 2.08 bits per heavy atom. The van der Waals surface area contributed by atoms with E-state index in [0.717, 1.165) is 12.8 Å². The SMILES string of the molecule is C=C(F)C(=O)OCC1CCCC1. The van der Waals surface area contributed by atoms with Gasteiger partial charge in [-0.05, 0) is 18.8 Å². The Morgan fingerprint density at radius 1 is 1.50 bits per heavy atom. The van der Waals surface area contributed by atoms with Gasteiger partial charge in [0.25, 0.3) is 0 Å². The molecular formula is C9H13FO2. The molecule has 0 radical (unpaired) electrons. The van der Waals surface area contributed by atoms with Crippen LogP contribution in [0.25, 0.3) is 0 Å². The summed E-state index contributed by atoms with van der Waals surface area (Å²) in [6, 6.07) is 0. The molecule has 0 heterocycles. The summed E-state index contributed by atoms with van der Waals surface area (Å²) < 4.78 is 16.8. The van der Waals surface area contributed by atoms with Gasteiger partial charge in [-0.2, -0.15) is 4.39 Å². The Morgan fingerprint density at radius 3 is 2.58 bits per heavy atom. The first-order chi connectivity index (χ1) is 5.70. The third-order valence-corrected chi connectivity index (χ3v) is 2.15. The van der Waals surface area contributed by atoms with Crippen molar-refractivity contribution < 1.29 is 13.9 Å². The molecule has 1 aliphatic rings. The van der Waals surface area contributed by atoms with Crippen LogP contribution in [0, 0.1) is 5.92 Å². The van der Waals surface area contributed by atoms with Crippen molar-refractivity contribution in [1.29, 1.82) is 0 Å². The lowest BCUT2D eigenvalue weighted by Crippen LogP contribution is -2.11. The maximum Gasteiger partial charge on any atom is 0.366 e. The summed E-state index contributed by atoms with van der Waals surface area (Å²) in [5.41, 5.74) is 0. The molecule has 0 unspecified atom stereocenters. The van der Waals surface area contributed by atoms with Crippen LogP contribution in [0.4, 0.5) is 4.39 Å². The zero-order valence-corrected chi connectivity index (χ0v) is 7.01. The van der Waals surface area contributed by atoms with E-state index in [2.05, 4.69) is 11.3 Å². The Labute approximate surface area is 71.4 Å². The number of hydrogen-bond donors (Lipinski definition) is 0. The Balaban J connectivity index is 2.16. The van der Waals surface area contributed by atoms with Crippen LogP contribution in [-0.2, 0) is 9.53 Å². The van der Waals surface area contributed by atoms with Crippen molar-refractivity contribution in [3.05, 3.63) is 12.4 Å². The molecule has 0 aliphatic heterocycles. The van der Waals surface area contributed by atoms with Gasteiger partial charge >= 0.3 is 5.97 Å². The third kappa shape index (κ3) is 2.64. The second kappa shape index (κ2) is 4.24. The molecule has 0 aromatic carbocycles. The number of esters is 1. The number of ether oxygens (including phenoxy) is 1. The molecule has 0 N–H and O–H groups in total. The molecule has 0 aromatic rings.